The molecule has 1 aliphatic heterocycles. The van der Waals surface area contributed by atoms with Crippen molar-refractivity contribution < 1.29 is 9.90 Å². The molecule has 14 heavy (non-hydrogen) atoms. The van der Waals surface area contributed by atoms with E-state index in [4.69, 9.17) is 5.11 Å². The Morgan fingerprint density at radius 1 is 1.64 bits per heavy atom. The second-order valence-electron chi connectivity index (χ2n) is 4.28. The highest BCUT2D eigenvalue weighted by Gasteiger charge is 2.16. The van der Waals surface area contributed by atoms with Crippen LogP contribution in [0.15, 0.2) is 11.6 Å². The number of hydrogen-bond acceptors (Lipinski definition) is 2. The quantitative estimate of drug-likeness (QED) is 0.746. The van der Waals surface area contributed by atoms with Gasteiger partial charge in [0.2, 0.25) is 0 Å². The number of hydrogen-bond donors (Lipinski definition) is 1. The second kappa shape index (κ2) is 5.15. The van der Waals surface area contributed by atoms with Crippen LogP contribution in [-0.2, 0) is 4.79 Å². The van der Waals surface area contributed by atoms with Crippen LogP contribution in [0.5, 0.6) is 0 Å². The van der Waals surface area contributed by atoms with E-state index in [0.29, 0.717) is 18.0 Å². The summed E-state index contributed by atoms with van der Waals surface area (Å²) >= 11 is 0. The molecular formula is C11H19NO2. The lowest BCUT2D eigenvalue weighted by molar-refractivity contribution is -0.133. The topological polar surface area (TPSA) is 40.5 Å². The summed E-state index contributed by atoms with van der Waals surface area (Å²) in [5, 5.41) is 8.84. The number of nitrogens with zero attached hydrogens (tertiary/aromatic N) is 1. The lowest BCUT2D eigenvalue weighted by Crippen LogP contribution is -2.33. The van der Waals surface area contributed by atoms with Crippen LogP contribution in [0.25, 0.3) is 0 Å². The first-order valence-electron chi connectivity index (χ1n) is 5.24. The third-order valence-corrected chi connectivity index (χ3v) is 2.53. The van der Waals surface area contributed by atoms with Gasteiger partial charge in [0.05, 0.1) is 0 Å². The Morgan fingerprint density at radius 2 is 2.36 bits per heavy atom. The normalized spacial score (nSPS) is 18.4. The smallest absolute Gasteiger partial charge is 0.332 e. The number of aliphatic carboxylic acids is 1. The van der Waals surface area contributed by atoms with Gasteiger partial charge >= 0.3 is 5.97 Å². The van der Waals surface area contributed by atoms with E-state index < -0.39 is 5.97 Å². The van der Waals surface area contributed by atoms with Gasteiger partial charge in [0, 0.05) is 18.7 Å². The molecule has 0 saturated heterocycles. The Morgan fingerprint density at radius 3 is 2.93 bits per heavy atom. The van der Waals surface area contributed by atoms with Gasteiger partial charge in [0.15, 0.2) is 0 Å². The molecule has 1 N–H and O–H groups in total. The fraction of sp³-hybridized carbons (Fsp3) is 0.727. The Labute approximate surface area is 85.4 Å². The number of rotatable bonds is 4. The zero-order valence-corrected chi connectivity index (χ0v) is 8.99. The minimum Gasteiger partial charge on any atom is -0.478 e. The molecule has 1 rings (SSSR count). The van der Waals surface area contributed by atoms with Crippen molar-refractivity contribution >= 4 is 5.97 Å². The molecule has 0 aromatic rings. The minimum atomic E-state index is -0.765. The lowest BCUT2D eigenvalue weighted by atomic mass is 10.1. The first-order chi connectivity index (χ1) is 6.59. The lowest BCUT2D eigenvalue weighted by Gasteiger charge is -2.26. The average Bonchev–Trinajstić information content (AvgIpc) is 2.15. The predicted octanol–water partition coefficient (Wildman–Crippen LogP) is 1.75. The molecule has 0 bridgehead atoms. The summed E-state index contributed by atoms with van der Waals surface area (Å²) < 4.78 is 0. The number of carbonyl (C=O) groups is 1. The maximum Gasteiger partial charge on any atom is 0.332 e. The highest BCUT2D eigenvalue weighted by molar-refractivity contribution is 5.87. The first-order valence-corrected chi connectivity index (χ1v) is 5.24. The van der Waals surface area contributed by atoms with Crippen LogP contribution in [0.1, 0.15) is 26.7 Å². The summed E-state index contributed by atoms with van der Waals surface area (Å²) in [7, 11) is 0. The molecule has 1 aliphatic rings. The van der Waals surface area contributed by atoms with Crippen molar-refractivity contribution in [3.63, 3.8) is 0 Å². The Balaban J connectivity index is 2.37. The monoisotopic (exact) mass is 197 g/mol. The summed E-state index contributed by atoms with van der Waals surface area (Å²) in [5.41, 5.74) is 0.556. The standard InChI is InChI=1S/C11H19NO2/c1-9(2)5-7-12-6-3-4-10(8-12)11(13)14/h4,9H,3,5-8H2,1-2H3,(H,13,14). The number of carboxylic acids is 1. The summed E-state index contributed by atoms with van der Waals surface area (Å²) in [5.74, 6) is -0.0755. The second-order valence-corrected chi connectivity index (χ2v) is 4.28. The van der Waals surface area contributed by atoms with Crippen LogP contribution < -0.4 is 0 Å². The summed E-state index contributed by atoms with van der Waals surface area (Å²) in [6.07, 6.45) is 3.86. The van der Waals surface area contributed by atoms with Crippen molar-refractivity contribution in [2.75, 3.05) is 19.6 Å². The fourth-order valence-electron chi connectivity index (χ4n) is 1.59. The highest BCUT2D eigenvalue weighted by Crippen LogP contribution is 2.11. The van der Waals surface area contributed by atoms with Gasteiger partial charge in [-0.15, -0.1) is 0 Å². The van der Waals surface area contributed by atoms with Gasteiger partial charge in [-0.05, 0) is 25.3 Å². The van der Waals surface area contributed by atoms with E-state index in [1.807, 2.05) is 6.08 Å². The molecule has 0 unspecified atom stereocenters. The summed E-state index contributed by atoms with van der Waals surface area (Å²) in [4.78, 5) is 13.0. The van der Waals surface area contributed by atoms with Gasteiger partial charge in [0.1, 0.15) is 0 Å². The fourth-order valence-corrected chi connectivity index (χ4v) is 1.59. The Kier molecular flexibility index (Phi) is 4.14. The van der Waals surface area contributed by atoms with E-state index in [0.717, 1.165) is 25.9 Å². The van der Waals surface area contributed by atoms with Gasteiger partial charge in [-0.25, -0.2) is 4.79 Å². The van der Waals surface area contributed by atoms with Crippen molar-refractivity contribution in [1.82, 2.24) is 4.90 Å². The Bertz CT molecular complexity index is 233. The molecule has 0 aliphatic carbocycles. The molecule has 0 atom stereocenters. The zero-order chi connectivity index (χ0) is 10.6. The number of carboxylic acid groups (broad SMARTS) is 1. The third kappa shape index (κ3) is 3.50. The van der Waals surface area contributed by atoms with E-state index >= 15 is 0 Å². The SMILES string of the molecule is CC(C)CCN1CCC=C(C(=O)O)C1. The minimum absolute atomic E-state index is 0.556. The van der Waals surface area contributed by atoms with Gasteiger partial charge in [-0.2, -0.15) is 0 Å². The highest BCUT2D eigenvalue weighted by atomic mass is 16.4. The van der Waals surface area contributed by atoms with Crippen molar-refractivity contribution in [3.05, 3.63) is 11.6 Å². The Hall–Kier alpha value is -0.830. The molecule has 0 saturated carbocycles. The van der Waals surface area contributed by atoms with Crippen LogP contribution in [0, 0.1) is 5.92 Å². The molecule has 0 aromatic heterocycles. The summed E-state index contributed by atoms with van der Waals surface area (Å²) in [6, 6.07) is 0. The van der Waals surface area contributed by atoms with Gasteiger partial charge in [-0.3, -0.25) is 4.90 Å². The molecule has 0 fully saturated rings. The van der Waals surface area contributed by atoms with Gasteiger partial charge < -0.3 is 5.11 Å². The van der Waals surface area contributed by atoms with Crippen molar-refractivity contribution in [2.45, 2.75) is 26.7 Å². The van der Waals surface area contributed by atoms with Crippen molar-refractivity contribution in [2.24, 2.45) is 5.92 Å². The molecule has 80 valence electrons. The largest absolute Gasteiger partial charge is 0.478 e. The van der Waals surface area contributed by atoms with Crippen LogP contribution >= 0.6 is 0 Å². The zero-order valence-electron chi connectivity index (χ0n) is 8.99. The van der Waals surface area contributed by atoms with Crippen LogP contribution in [0.3, 0.4) is 0 Å². The van der Waals surface area contributed by atoms with Crippen LogP contribution in [-0.4, -0.2) is 35.6 Å². The molecular weight excluding hydrogens is 178 g/mol. The summed E-state index contributed by atoms with van der Waals surface area (Å²) in [6.45, 7) is 7.02. The average molecular weight is 197 g/mol. The van der Waals surface area contributed by atoms with Crippen molar-refractivity contribution in [1.29, 1.82) is 0 Å². The predicted molar refractivity (Wildman–Crippen MR) is 56.2 cm³/mol. The third-order valence-electron chi connectivity index (χ3n) is 2.53. The molecule has 3 nitrogen and oxygen atoms in total. The first kappa shape index (κ1) is 11.2. The molecule has 0 radical (unpaired) electrons. The van der Waals surface area contributed by atoms with Crippen LogP contribution in [0.2, 0.25) is 0 Å². The van der Waals surface area contributed by atoms with Crippen LogP contribution in [0.4, 0.5) is 0 Å². The molecule has 0 spiro atoms. The maximum absolute atomic E-state index is 10.7. The van der Waals surface area contributed by atoms with E-state index in [1.165, 1.54) is 0 Å². The molecule has 0 aromatic carbocycles. The molecule has 1 heterocycles. The van der Waals surface area contributed by atoms with Gasteiger partial charge in [-0.1, -0.05) is 19.9 Å². The molecule has 0 amide bonds. The van der Waals surface area contributed by atoms with E-state index in [1.54, 1.807) is 0 Å². The van der Waals surface area contributed by atoms with E-state index in [9.17, 15) is 4.79 Å². The van der Waals surface area contributed by atoms with E-state index in [2.05, 4.69) is 18.7 Å². The maximum atomic E-state index is 10.7. The van der Waals surface area contributed by atoms with Gasteiger partial charge in [0.25, 0.3) is 0 Å². The molecule has 3 heteroatoms. The van der Waals surface area contributed by atoms with Crippen molar-refractivity contribution in [3.8, 4) is 0 Å². The van der Waals surface area contributed by atoms with E-state index in [-0.39, 0.29) is 0 Å².